The molecule has 2 amide bonds. The highest BCUT2D eigenvalue weighted by atomic mass is 16.5. The van der Waals surface area contributed by atoms with Crippen molar-refractivity contribution in [3.8, 4) is 11.1 Å². The van der Waals surface area contributed by atoms with Crippen LogP contribution in [-0.2, 0) is 19.1 Å². The number of hydrogen-bond acceptors (Lipinski definition) is 5. The van der Waals surface area contributed by atoms with E-state index in [0.717, 1.165) is 22.3 Å². The zero-order valence-corrected chi connectivity index (χ0v) is 19.6. The molecular weight excluding hydrogens is 436 g/mol. The largest absolute Gasteiger partial charge is 0.480 e. The predicted octanol–water partition coefficient (Wildman–Crippen LogP) is 3.55. The lowest BCUT2D eigenvalue weighted by molar-refractivity contribution is -0.142. The number of carboxylic acid groups (broad SMARTS) is 1. The van der Waals surface area contributed by atoms with Gasteiger partial charge in [-0.3, -0.25) is 4.79 Å². The highest BCUT2D eigenvalue weighted by Crippen LogP contribution is 2.44. The van der Waals surface area contributed by atoms with Gasteiger partial charge in [0.2, 0.25) is 5.91 Å². The van der Waals surface area contributed by atoms with Crippen molar-refractivity contribution in [3.63, 3.8) is 0 Å². The number of alkyl carbamates (subject to hydrolysis) is 1. The maximum Gasteiger partial charge on any atom is 0.407 e. The zero-order chi connectivity index (χ0) is 24.5. The number of carbonyl (C=O) groups is 3. The lowest BCUT2D eigenvalue weighted by Gasteiger charge is -2.19. The first-order valence-electron chi connectivity index (χ1n) is 11.5. The smallest absolute Gasteiger partial charge is 0.407 e. The van der Waals surface area contributed by atoms with Crippen LogP contribution in [0.4, 0.5) is 4.79 Å². The molecule has 3 rings (SSSR count). The van der Waals surface area contributed by atoms with Crippen molar-refractivity contribution in [3.05, 3.63) is 59.7 Å². The van der Waals surface area contributed by atoms with Crippen LogP contribution in [0.1, 0.15) is 43.2 Å². The Morgan fingerprint density at radius 3 is 2.21 bits per heavy atom. The second-order valence-electron chi connectivity index (χ2n) is 8.42. The molecule has 34 heavy (non-hydrogen) atoms. The van der Waals surface area contributed by atoms with Crippen LogP contribution in [0.15, 0.2) is 48.5 Å². The van der Waals surface area contributed by atoms with E-state index in [1.165, 1.54) is 7.11 Å². The van der Waals surface area contributed by atoms with Gasteiger partial charge in [-0.1, -0.05) is 61.9 Å². The first-order chi connectivity index (χ1) is 16.4. The molecule has 0 saturated carbocycles. The number of nitrogens with one attached hydrogen (secondary N) is 2. The monoisotopic (exact) mass is 468 g/mol. The Labute approximate surface area is 199 Å². The zero-order valence-electron chi connectivity index (χ0n) is 19.6. The summed E-state index contributed by atoms with van der Waals surface area (Å²) in [5, 5.41) is 14.5. The fraction of sp³-hybridized carbons (Fsp3) is 0.423. The normalized spacial score (nSPS) is 13.9. The molecule has 182 valence electrons. The van der Waals surface area contributed by atoms with Gasteiger partial charge in [0, 0.05) is 39.0 Å². The van der Waals surface area contributed by atoms with E-state index >= 15 is 0 Å². The quantitative estimate of drug-likeness (QED) is 0.439. The summed E-state index contributed by atoms with van der Waals surface area (Å²) in [6, 6.07) is 15.3. The first-order valence-corrected chi connectivity index (χ1v) is 11.5. The third kappa shape index (κ3) is 6.35. The average molecular weight is 469 g/mol. The van der Waals surface area contributed by atoms with Crippen LogP contribution < -0.4 is 10.6 Å². The minimum Gasteiger partial charge on any atom is -0.480 e. The number of carboxylic acids is 1. The standard InChI is InChI=1S/C26H32N2O6/c1-3-17(14-24(29)28-23(25(30)31)12-13-33-2)15-27-26(32)34-16-22-20-10-6-4-8-18(20)19-9-5-7-11-21(19)22/h4-11,17,22-23H,3,12-16H2,1-2H3,(H,27,32)(H,28,29)(H,30,31). The summed E-state index contributed by atoms with van der Waals surface area (Å²) in [4.78, 5) is 36.0. The van der Waals surface area contributed by atoms with Crippen LogP contribution in [0.25, 0.3) is 11.1 Å². The Balaban J connectivity index is 1.49. The van der Waals surface area contributed by atoms with Crippen LogP contribution in [0.3, 0.4) is 0 Å². The van der Waals surface area contributed by atoms with Gasteiger partial charge in [0.25, 0.3) is 0 Å². The number of rotatable bonds is 12. The molecule has 8 nitrogen and oxygen atoms in total. The fourth-order valence-corrected chi connectivity index (χ4v) is 4.25. The van der Waals surface area contributed by atoms with E-state index < -0.39 is 18.1 Å². The van der Waals surface area contributed by atoms with Crippen molar-refractivity contribution in [1.82, 2.24) is 10.6 Å². The third-order valence-electron chi connectivity index (χ3n) is 6.17. The number of aliphatic carboxylic acids is 1. The number of fused-ring (bicyclic) bond motifs is 3. The maximum absolute atomic E-state index is 12.4. The van der Waals surface area contributed by atoms with Gasteiger partial charge in [0.1, 0.15) is 12.6 Å². The molecule has 2 unspecified atom stereocenters. The van der Waals surface area contributed by atoms with E-state index in [-0.39, 0.29) is 50.3 Å². The fourth-order valence-electron chi connectivity index (χ4n) is 4.25. The lowest BCUT2D eigenvalue weighted by atomic mass is 9.98. The molecule has 1 aliphatic rings. The van der Waals surface area contributed by atoms with Crippen molar-refractivity contribution >= 4 is 18.0 Å². The molecule has 0 heterocycles. The van der Waals surface area contributed by atoms with Crippen molar-refractivity contribution in [1.29, 1.82) is 0 Å². The summed E-state index contributed by atoms with van der Waals surface area (Å²) < 4.78 is 10.4. The van der Waals surface area contributed by atoms with Crippen LogP contribution in [0.5, 0.6) is 0 Å². The first kappa shape index (κ1) is 25.2. The Morgan fingerprint density at radius 2 is 1.65 bits per heavy atom. The molecule has 2 aromatic carbocycles. The molecule has 0 bridgehead atoms. The van der Waals surface area contributed by atoms with Crippen molar-refractivity contribution in [2.75, 3.05) is 26.9 Å². The molecule has 0 aliphatic heterocycles. The Kier molecular flexibility index (Phi) is 9.04. The molecule has 0 saturated heterocycles. The summed E-state index contributed by atoms with van der Waals surface area (Å²) in [6.07, 6.45) is 0.403. The molecule has 0 radical (unpaired) electrons. The molecule has 0 fully saturated rings. The van der Waals surface area contributed by atoms with Gasteiger partial charge >= 0.3 is 12.1 Å². The van der Waals surface area contributed by atoms with E-state index in [2.05, 4.69) is 34.9 Å². The van der Waals surface area contributed by atoms with Gasteiger partial charge in [-0.2, -0.15) is 0 Å². The molecule has 8 heteroatoms. The summed E-state index contributed by atoms with van der Waals surface area (Å²) in [6.45, 7) is 2.63. The van der Waals surface area contributed by atoms with Crippen LogP contribution in [0, 0.1) is 5.92 Å². The number of benzene rings is 2. The highest BCUT2D eigenvalue weighted by molar-refractivity contribution is 5.83. The second-order valence-corrected chi connectivity index (χ2v) is 8.42. The van der Waals surface area contributed by atoms with E-state index in [1.54, 1.807) is 0 Å². The molecule has 1 aliphatic carbocycles. The summed E-state index contributed by atoms with van der Waals surface area (Å²) >= 11 is 0. The topological polar surface area (TPSA) is 114 Å². The van der Waals surface area contributed by atoms with Gasteiger partial charge in [-0.15, -0.1) is 0 Å². The molecule has 0 aromatic heterocycles. The predicted molar refractivity (Wildman–Crippen MR) is 128 cm³/mol. The van der Waals surface area contributed by atoms with Crippen LogP contribution >= 0.6 is 0 Å². The average Bonchev–Trinajstić information content (AvgIpc) is 3.16. The maximum atomic E-state index is 12.4. The van der Waals surface area contributed by atoms with Crippen molar-refractivity contribution in [2.24, 2.45) is 5.92 Å². The Morgan fingerprint density at radius 1 is 1.03 bits per heavy atom. The lowest BCUT2D eigenvalue weighted by Crippen LogP contribution is -2.42. The van der Waals surface area contributed by atoms with Gasteiger partial charge in [-0.25, -0.2) is 9.59 Å². The molecule has 3 N–H and O–H groups in total. The highest BCUT2D eigenvalue weighted by Gasteiger charge is 2.29. The summed E-state index contributed by atoms with van der Waals surface area (Å²) in [7, 11) is 1.48. The summed E-state index contributed by atoms with van der Waals surface area (Å²) in [5.41, 5.74) is 4.60. The minimum atomic E-state index is -1.10. The Bertz CT molecular complexity index is 963. The van der Waals surface area contributed by atoms with Gasteiger partial charge in [-0.05, 0) is 28.2 Å². The molecule has 0 spiro atoms. The number of carbonyl (C=O) groups excluding carboxylic acids is 2. The van der Waals surface area contributed by atoms with Crippen LogP contribution in [-0.4, -0.2) is 56.0 Å². The number of hydrogen-bond donors (Lipinski definition) is 3. The minimum absolute atomic E-state index is 0.0223. The molecular formula is C26H32N2O6. The molecule has 2 atom stereocenters. The molecule has 2 aromatic rings. The number of ether oxygens (including phenoxy) is 2. The van der Waals surface area contributed by atoms with E-state index in [4.69, 9.17) is 9.47 Å². The van der Waals surface area contributed by atoms with Gasteiger partial charge in [0.05, 0.1) is 0 Å². The number of methoxy groups -OCH3 is 1. The van der Waals surface area contributed by atoms with Crippen molar-refractivity contribution < 1.29 is 29.0 Å². The van der Waals surface area contributed by atoms with Crippen molar-refractivity contribution in [2.45, 2.75) is 38.1 Å². The third-order valence-corrected chi connectivity index (χ3v) is 6.17. The van der Waals surface area contributed by atoms with Gasteiger partial charge < -0.3 is 25.2 Å². The summed E-state index contributed by atoms with van der Waals surface area (Å²) in [5.74, 6) is -1.64. The van der Waals surface area contributed by atoms with E-state index in [1.807, 2.05) is 31.2 Å². The van der Waals surface area contributed by atoms with E-state index in [0.29, 0.717) is 6.42 Å². The number of amides is 2. The van der Waals surface area contributed by atoms with Gasteiger partial charge in [0.15, 0.2) is 0 Å². The Hall–Kier alpha value is -3.39. The van der Waals surface area contributed by atoms with Crippen LogP contribution in [0.2, 0.25) is 0 Å². The second kappa shape index (κ2) is 12.2. The van der Waals surface area contributed by atoms with E-state index in [9.17, 15) is 19.5 Å². The SMILES string of the molecule is CCC(CNC(=O)OCC1c2ccccc2-c2ccccc21)CC(=O)NC(CCOC)C(=O)O.